The Balaban J connectivity index is 0.00000109. The number of thiophene rings is 1. The molecule has 1 atom stereocenters. The summed E-state index contributed by atoms with van der Waals surface area (Å²) in [6.07, 6.45) is 1.11. The van der Waals surface area contributed by atoms with Crippen LogP contribution in [0.2, 0.25) is 0 Å². The van der Waals surface area contributed by atoms with Crippen LogP contribution in [-0.4, -0.2) is 39.7 Å². The lowest BCUT2D eigenvalue weighted by atomic mass is 9.99. The molecule has 7 heteroatoms. The molecular weight excluding hydrogens is 356 g/mol. The first kappa shape index (κ1) is 19.9. The number of carboxylic acids is 1. The van der Waals surface area contributed by atoms with Gasteiger partial charge in [0.15, 0.2) is 11.2 Å². The number of piperidine rings is 1. The maximum atomic E-state index is 12.8. The summed E-state index contributed by atoms with van der Waals surface area (Å²) in [5.41, 5.74) is 1.14. The quantitative estimate of drug-likeness (QED) is 0.868. The summed E-state index contributed by atoms with van der Waals surface area (Å²) >= 11 is 0.359. The first-order valence-electron chi connectivity index (χ1n) is 8.60. The fourth-order valence-electron chi connectivity index (χ4n) is 2.96. The predicted octanol–water partition coefficient (Wildman–Crippen LogP) is 4.05. The van der Waals surface area contributed by atoms with Crippen LogP contribution in [0.15, 0.2) is 24.3 Å². The minimum absolute atomic E-state index is 0.306. The van der Waals surface area contributed by atoms with Crippen LogP contribution >= 0.6 is 11.3 Å². The third kappa shape index (κ3) is 4.22. The van der Waals surface area contributed by atoms with Crippen LogP contribution in [0.5, 0.6) is 0 Å². The van der Waals surface area contributed by atoms with Crippen LogP contribution in [0.1, 0.15) is 32.3 Å². The molecule has 138 valence electrons. The zero-order valence-corrected chi connectivity index (χ0v) is 16.8. The molecule has 0 saturated carbocycles. The molecule has 0 spiro atoms. The monoisotopic (exact) mass is 382 g/mol. The number of nitrogens with zero attached hydrogens (tertiary/aromatic N) is 2. The first-order valence-corrected chi connectivity index (χ1v) is 10.5. The summed E-state index contributed by atoms with van der Waals surface area (Å²) in [5, 5.41) is 11.3. The Labute approximate surface area is 156 Å². The van der Waals surface area contributed by atoms with Gasteiger partial charge in [0.25, 0.3) is 0 Å². The fourth-order valence-corrected chi connectivity index (χ4v) is 5.49. The van der Waals surface area contributed by atoms with E-state index in [0.717, 1.165) is 10.6 Å². The van der Waals surface area contributed by atoms with Gasteiger partial charge >= 0.3 is 5.97 Å². The van der Waals surface area contributed by atoms with E-state index in [1.54, 1.807) is 15.6 Å². The molecule has 1 unspecified atom stereocenters. The summed E-state index contributed by atoms with van der Waals surface area (Å²) in [4.78, 5) is 11.0. The van der Waals surface area contributed by atoms with Gasteiger partial charge in [-0.3, -0.25) is 9.10 Å². The topological polar surface area (TPSA) is 60.9 Å². The third-order valence-electron chi connectivity index (χ3n) is 4.36. The molecular formula is C18H26N2O3S2. The molecule has 5 nitrogen and oxygen atoms in total. The third-order valence-corrected chi connectivity index (χ3v) is 7.29. The lowest BCUT2D eigenvalue weighted by molar-refractivity contribution is -0.142. The number of aryl methyl sites for hydroxylation is 1. The Bertz CT molecular complexity index is 752. The summed E-state index contributed by atoms with van der Waals surface area (Å²) in [6.45, 7) is 7.16. The molecule has 1 aliphatic rings. The van der Waals surface area contributed by atoms with E-state index in [2.05, 4.69) is 19.1 Å². The van der Waals surface area contributed by atoms with Crippen molar-refractivity contribution in [1.29, 1.82) is 0 Å². The molecule has 1 fully saturated rings. The maximum absolute atomic E-state index is 12.8. The molecule has 0 radical (unpaired) electrons. The van der Waals surface area contributed by atoms with Gasteiger partial charge in [-0.25, -0.2) is 8.51 Å². The highest BCUT2D eigenvalue weighted by atomic mass is 32.2. The number of anilines is 1. The summed E-state index contributed by atoms with van der Waals surface area (Å²) < 4.78 is 17.7. The first-order chi connectivity index (χ1) is 12.0. The van der Waals surface area contributed by atoms with Crippen LogP contribution in [0.3, 0.4) is 0 Å². The maximum Gasteiger partial charge on any atom is 0.306 e. The number of hydrogen-bond donors (Lipinski definition) is 1. The standard InChI is InChI=1S/C16H20N2O3S2.C2H6/c1-11-13-5-3-4-6-14(13)22-15(11)17(2)23(21)18-9-7-12(8-10-18)16(19)20;1-2/h3-6,12H,7-10H2,1-2H3,(H,19,20);1-2H3. The Morgan fingerprint density at radius 1 is 1.28 bits per heavy atom. The number of carboxylic acid groups (broad SMARTS) is 1. The molecule has 0 aliphatic carbocycles. The lowest BCUT2D eigenvalue weighted by Gasteiger charge is -2.31. The van der Waals surface area contributed by atoms with Gasteiger partial charge in [-0.15, -0.1) is 11.3 Å². The molecule has 1 N–H and O–H groups in total. The zero-order chi connectivity index (χ0) is 18.6. The minimum atomic E-state index is -1.28. The van der Waals surface area contributed by atoms with Crippen molar-refractivity contribution in [2.75, 3.05) is 24.4 Å². The number of aliphatic carboxylic acids is 1. The van der Waals surface area contributed by atoms with E-state index in [-0.39, 0.29) is 5.92 Å². The van der Waals surface area contributed by atoms with Crippen LogP contribution in [0.25, 0.3) is 10.1 Å². The Kier molecular flexibility index (Phi) is 6.98. The van der Waals surface area contributed by atoms with Crippen LogP contribution < -0.4 is 4.31 Å². The van der Waals surface area contributed by atoms with Gasteiger partial charge < -0.3 is 5.11 Å². The molecule has 0 amide bonds. The molecule has 1 saturated heterocycles. The van der Waals surface area contributed by atoms with Crippen molar-refractivity contribution >= 4 is 43.6 Å². The highest BCUT2D eigenvalue weighted by Gasteiger charge is 2.29. The van der Waals surface area contributed by atoms with E-state index in [0.29, 0.717) is 25.9 Å². The molecule has 3 rings (SSSR count). The molecule has 0 bridgehead atoms. The van der Waals surface area contributed by atoms with Crippen molar-refractivity contribution < 1.29 is 14.1 Å². The zero-order valence-electron chi connectivity index (χ0n) is 15.2. The van der Waals surface area contributed by atoms with Crippen molar-refractivity contribution in [3.8, 4) is 0 Å². The molecule has 1 aliphatic heterocycles. The van der Waals surface area contributed by atoms with E-state index < -0.39 is 17.1 Å². The van der Waals surface area contributed by atoms with Gasteiger partial charge in [0, 0.05) is 24.8 Å². The second kappa shape index (κ2) is 8.78. The van der Waals surface area contributed by atoms with Crippen LogP contribution in [0.4, 0.5) is 5.00 Å². The predicted molar refractivity (Wildman–Crippen MR) is 106 cm³/mol. The van der Waals surface area contributed by atoms with Crippen molar-refractivity contribution in [2.45, 2.75) is 33.6 Å². The average Bonchev–Trinajstić information content (AvgIpc) is 2.99. The number of fused-ring (bicyclic) bond motifs is 1. The Morgan fingerprint density at radius 3 is 2.44 bits per heavy atom. The van der Waals surface area contributed by atoms with Crippen molar-refractivity contribution in [1.82, 2.24) is 4.31 Å². The van der Waals surface area contributed by atoms with Gasteiger partial charge in [-0.2, -0.15) is 0 Å². The Hall–Kier alpha value is -1.44. The van der Waals surface area contributed by atoms with E-state index in [4.69, 9.17) is 5.11 Å². The average molecular weight is 383 g/mol. The second-order valence-corrected chi connectivity index (χ2v) is 8.35. The van der Waals surface area contributed by atoms with E-state index in [9.17, 15) is 9.00 Å². The minimum Gasteiger partial charge on any atom is -0.481 e. The van der Waals surface area contributed by atoms with Crippen molar-refractivity contribution in [3.63, 3.8) is 0 Å². The van der Waals surface area contributed by atoms with E-state index in [1.807, 2.05) is 37.3 Å². The largest absolute Gasteiger partial charge is 0.481 e. The number of benzene rings is 1. The Morgan fingerprint density at radius 2 is 1.88 bits per heavy atom. The fraction of sp³-hybridized carbons (Fsp3) is 0.500. The second-order valence-electron chi connectivity index (χ2n) is 5.80. The molecule has 2 aromatic rings. The molecule has 1 aromatic heterocycles. The normalized spacial score (nSPS) is 17.0. The van der Waals surface area contributed by atoms with Crippen LogP contribution in [0, 0.1) is 12.8 Å². The highest BCUT2D eigenvalue weighted by Crippen LogP contribution is 2.38. The van der Waals surface area contributed by atoms with Gasteiger partial charge in [0.05, 0.1) is 5.92 Å². The van der Waals surface area contributed by atoms with Crippen molar-refractivity contribution in [3.05, 3.63) is 29.8 Å². The van der Waals surface area contributed by atoms with Gasteiger partial charge in [0.1, 0.15) is 5.00 Å². The van der Waals surface area contributed by atoms with Crippen LogP contribution in [-0.2, 0) is 16.0 Å². The molecule has 25 heavy (non-hydrogen) atoms. The summed E-state index contributed by atoms with van der Waals surface area (Å²) in [5.74, 6) is -1.05. The number of rotatable bonds is 4. The summed E-state index contributed by atoms with van der Waals surface area (Å²) in [7, 11) is 1.84. The smallest absolute Gasteiger partial charge is 0.306 e. The summed E-state index contributed by atoms with van der Waals surface area (Å²) in [6, 6.07) is 8.18. The molecule has 1 aromatic carbocycles. The lowest BCUT2D eigenvalue weighted by Crippen LogP contribution is -2.42. The van der Waals surface area contributed by atoms with E-state index in [1.165, 1.54) is 10.1 Å². The highest BCUT2D eigenvalue weighted by molar-refractivity contribution is 7.84. The molecule has 2 heterocycles. The number of hydrogen-bond acceptors (Lipinski definition) is 3. The van der Waals surface area contributed by atoms with Gasteiger partial charge in [-0.05, 0) is 36.8 Å². The van der Waals surface area contributed by atoms with Gasteiger partial charge in [0.2, 0.25) is 0 Å². The van der Waals surface area contributed by atoms with Crippen molar-refractivity contribution in [2.24, 2.45) is 5.92 Å². The number of carbonyl (C=O) groups is 1. The van der Waals surface area contributed by atoms with Gasteiger partial charge in [-0.1, -0.05) is 32.0 Å². The van der Waals surface area contributed by atoms with E-state index >= 15 is 0 Å². The SMILES string of the molecule is CC.Cc1c(N(C)S(=O)N2CCC(C(=O)O)CC2)sc2ccccc12.